The first-order valence-corrected chi connectivity index (χ1v) is 8.02. The molecule has 0 aromatic heterocycles. The number of carbonyl (C=O) groups is 3. The van der Waals surface area contributed by atoms with Crippen LogP contribution in [0.4, 0.5) is 4.79 Å². The van der Waals surface area contributed by atoms with Crippen molar-refractivity contribution in [2.45, 2.75) is 51.5 Å². The average molecular weight is 332 g/mol. The monoisotopic (exact) mass is 332 g/mol. The summed E-state index contributed by atoms with van der Waals surface area (Å²) in [5.41, 5.74) is 0.751. The maximum absolute atomic E-state index is 12.7. The zero-order valence-corrected chi connectivity index (χ0v) is 14.5. The molecule has 1 heterocycles. The third kappa shape index (κ3) is 3.42. The van der Waals surface area contributed by atoms with Crippen molar-refractivity contribution < 1.29 is 19.5 Å². The third-order valence-electron chi connectivity index (χ3n) is 4.38. The molecule has 0 aliphatic carbocycles. The van der Waals surface area contributed by atoms with Crippen molar-refractivity contribution in [3.63, 3.8) is 0 Å². The second-order valence-corrected chi connectivity index (χ2v) is 7.34. The molecular weight excluding hydrogens is 308 g/mol. The summed E-state index contributed by atoms with van der Waals surface area (Å²) in [5.74, 6) is -1.29. The van der Waals surface area contributed by atoms with Crippen LogP contribution in [0.1, 0.15) is 51.7 Å². The number of urea groups is 1. The average Bonchev–Trinajstić information content (AvgIpc) is 2.70. The Kier molecular flexibility index (Phi) is 4.69. The fourth-order valence-electron chi connectivity index (χ4n) is 2.79. The fourth-order valence-corrected chi connectivity index (χ4v) is 2.79. The number of hydrogen-bond acceptors (Lipinski definition) is 3. The van der Waals surface area contributed by atoms with Crippen LogP contribution in [-0.4, -0.2) is 34.5 Å². The van der Waals surface area contributed by atoms with Crippen LogP contribution >= 0.6 is 0 Å². The van der Waals surface area contributed by atoms with Crippen molar-refractivity contribution in [3.8, 4) is 0 Å². The van der Waals surface area contributed by atoms with E-state index in [0.29, 0.717) is 0 Å². The smallest absolute Gasteiger partial charge is 0.325 e. The summed E-state index contributed by atoms with van der Waals surface area (Å²) >= 11 is 0. The van der Waals surface area contributed by atoms with Crippen LogP contribution < -0.4 is 5.32 Å². The van der Waals surface area contributed by atoms with Crippen LogP contribution in [0.15, 0.2) is 24.3 Å². The highest BCUT2D eigenvalue weighted by Gasteiger charge is 2.48. The molecule has 6 nitrogen and oxygen atoms in total. The van der Waals surface area contributed by atoms with E-state index >= 15 is 0 Å². The van der Waals surface area contributed by atoms with Gasteiger partial charge in [0.05, 0.1) is 0 Å². The Morgan fingerprint density at radius 3 is 2.29 bits per heavy atom. The summed E-state index contributed by atoms with van der Waals surface area (Å²) in [5, 5.41) is 11.4. The maximum Gasteiger partial charge on any atom is 0.325 e. The molecule has 1 aliphatic rings. The van der Waals surface area contributed by atoms with E-state index in [1.165, 1.54) is 0 Å². The number of nitrogens with zero attached hydrogens (tertiary/aromatic N) is 1. The van der Waals surface area contributed by atoms with Gasteiger partial charge in [-0.1, -0.05) is 45.0 Å². The molecule has 1 aromatic rings. The third-order valence-corrected chi connectivity index (χ3v) is 4.38. The Labute approximate surface area is 141 Å². The molecule has 24 heavy (non-hydrogen) atoms. The number of carboxylic acid groups (broad SMARTS) is 1. The van der Waals surface area contributed by atoms with Crippen molar-refractivity contribution in [2.75, 3.05) is 6.54 Å². The highest BCUT2D eigenvalue weighted by atomic mass is 16.4. The molecule has 1 saturated heterocycles. The maximum atomic E-state index is 12.7. The van der Waals surface area contributed by atoms with Crippen LogP contribution in [0.3, 0.4) is 0 Å². The second-order valence-electron chi connectivity index (χ2n) is 7.34. The summed E-state index contributed by atoms with van der Waals surface area (Å²) in [6.07, 6.45) is 0.168. The zero-order chi connectivity index (χ0) is 18.1. The SMILES string of the molecule is CC(C)(C)c1ccc(C2(C)NC(=O)N(CCCC(=O)O)C2=O)cc1. The number of benzene rings is 1. The lowest BCUT2D eigenvalue weighted by Crippen LogP contribution is -2.41. The molecule has 0 spiro atoms. The van der Waals surface area contributed by atoms with Gasteiger partial charge < -0.3 is 10.4 Å². The molecule has 3 amide bonds. The molecule has 0 radical (unpaired) electrons. The van der Waals surface area contributed by atoms with Gasteiger partial charge in [-0.15, -0.1) is 0 Å². The van der Waals surface area contributed by atoms with Gasteiger partial charge in [-0.3, -0.25) is 14.5 Å². The predicted octanol–water partition coefficient (Wildman–Crippen LogP) is 2.62. The van der Waals surface area contributed by atoms with Gasteiger partial charge in [0.1, 0.15) is 5.54 Å². The Balaban J connectivity index is 2.19. The van der Waals surface area contributed by atoms with E-state index in [9.17, 15) is 14.4 Å². The van der Waals surface area contributed by atoms with E-state index in [4.69, 9.17) is 5.11 Å². The summed E-state index contributed by atoms with van der Waals surface area (Å²) < 4.78 is 0. The second kappa shape index (κ2) is 6.26. The first-order valence-electron chi connectivity index (χ1n) is 8.02. The summed E-state index contributed by atoms with van der Waals surface area (Å²) in [6.45, 7) is 8.10. The van der Waals surface area contributed by atoms with E-state index in [2.05, 4.69) is 26.1 Å². The molecule has 2 rings (SSSR count). The number of carbonyl (C=O) groups excluding carboxylic acids is 2. The quantitative estimate of drug-likeness (QED) is 0.812. The number of hydrogen-bond donors (Lipinski definition) is 2. The van der Waals surface area contributed by atoms with Gasteiger partial charge >= 0.3 is 12.0 Å². The molecule has 1 aromatic carbocycles. The number of nitrogens with one attached hydrogen (secondary N) is 1. The molecule has 0 saturated carbocycles. The van der Waals surface area contributed by atoms with Crippen molar-refractivity contribution in [1.82, 2.24) is 10.2 Å². The molecule has 2 N–H and O–H groups in total. The van der Waals surface area contributed by atoms with Crippen LogP contribution in [0.5, 0.6) is 0 Å². The molecule has 1 fully saturated rings. The molecular formula is C18H24N2O4. The Hall–Kier alpha value is -2.37. The van der Waals surface area contributed by atoms with Crippen LogP contribution in [0.25, 0.3) is 0 Å². The lowest BCUT2D eigenvalue weighted by atomic mass is 9.84. The minimum Gasteiger partial charge on any atom is -0.481 e. The minimum absolute atomic E-state index is 0.00519. The predicted molar refractivity (Wildman–Crippen MR) is 89.6 cm³/mol. The molecule has 0 bridgehead atoms. The van der Waals surface area contributed by atoms with Crippen LogP contribution in [-0.2, 0) is 20.5 Å². The van der Waals surface area contributed by atoms with Gasteiger partial charge in [0.15, 0.2) is 0 Å². The molecule has 1 aliphatic heterocycles. The molecule has 1 atom stereocenters. The van der Waals surface area contributed by atoms with Gasteiger partial charge in [0.2, 0.25) is 0 Å². The van der Waals surface area contributed by atoms with Gasteiger partial charge in [-0.25, -0.2) is 4.79 Å². The molecule has 130 valence electrons. The largest absolute Gasteiger partial charge is 0.481 e. The first kappa shape index (κ1) is 18.0. The van der Waals surface area contributed by atoms with E-state index < -0.39 is 17.5 Å². The lowest BCUT2D eigenvalue weighted by molar-refractivity contribution is -0.138. The first-order chi connectivity index (χ1) is 11.1. The van der Waals surface area contributed by atoms with E-state index in [0.717, 1.165) is 16.0 Å². The highest BCUT2D eigenvalue weighted by molar-refractivity contribution is 6.07. The van der Waals surface area contributed by atoms with Crippen molar-refractivity contribution in [2.24, 2.45) is 0 Å². The number of imide groups is 1. The van der Waals surface area contributed by atoms with Gasteiger partial charge in [-0.05, 0) is 29.9 Å². The normalized spacial score (nSPS) is 21.1. The Morgan fingerprint density at radius 2 is 1.79 bits per heavy atom. The Morgan fingerprint density at radius 1 is 1.21 bits per heavy atom. The highest BCUT2D eigenvalue weighted by Crippen LogP contribution is 2.31. The number of amides is 3. The number of carboxylic acids is 1. The summed E-state index contributed by atoms with van der Waals surface area (Å²) in [7, 11) is 0. The summed E-state index contributed by atoms with van der Waals surface area (Å²) in [6, 6.07) is 7.17. The molecule has 1 unspecified atom stereocenters. The van der Waals surface area contributed by atoms with E-state index in [1.807, 2.05) is 24.3 Å². The van der Waals surface area contributed by atoms with Crippen LogP contribution in [0, 0.1) is 0 Å². The topological polar surface area (TPSA) is 86.7 Å². The zero-order valence-electron chi connectivity index (χ0n) is 14.5. The van der Waals surface area contributed by atoms with Gasteiger partial charge in [0, 0.05) is 13.0 Å². The number of aliphatic carboxylic acids is 1. The fraction of sp³-hybridized carbons (Fsp3) is 0.500. The van der Waals surface area contributed by atoms with E-state index in [1.54, 1.807) is 6.92 Å². The van der Waals surface area contributed by atoms with Crippen molar-refractivity contribution in [1.29, 1.82) is 0 Å². The Bertz CT molecular complexity index is 661. The minimum atomic E-state index is -1.11. The van der Waals surface area contributed by atoms with Gasteiger partial charge in [0.25, 0.3) is 5.91 Å². The summed E-state index contributed by atoms with van der Waals surface area (Å²) in [4.78, 5) is 36.5. The van der Waals surface area contributed by atoms with Crippen LogP contribution in [0.2, 0.25) is 0 Å². The van der Waals surface area contributed by atoms with E-state index in [-0.39, 0.29) is 30.7 Å². The standard InChI is InChI=1S/C18H24N2O4/c1-17(2,3)12-7-9-13(10-8-12)18(4)15(23)20(16(24)19-18)11-5-6-14(21)22/h7-10H,5-6,11H2,1-4H3,(H,19,24)(H,21,22). The van der Waals surface area contributed by atoms with Crippen molar-refractivity contribution in [3.05, 3.63) is 35.4 Å². The molecule has 6 heteroatoms. The van der Waals surface area contributed by atoms with Crippen molar-refractivity contribution >= 4 is 17.9 Å². The van der Waals surface area contributed by atoms with Gasteiger partial charge in [-0.2, -0.15) is 0 Å². The lowest BCUT2D eigenvalue weighted by Gasteiger charge is -2.24. The number of rotatable bonds is 5.